The molecule has 1 N–H and O–H groups in total. The summed E-state index contributed by atoms with van der Waals surface area (Å²) in [5.41, 5.74) is 4.86. The average Bonchev–Trinajstić information content (AvgIpc) is 3.71. The van der Waals surface area contributed by atoms with Gasteiger partial charge in [0, 0.05) is 37.5 Å². The Balaban J connectivity index is 1.14. The number of hydrogen-bond acceptors (Lipinski definition) is 7. The standard InChI is InChI=1S/C26H23ClN8O2/c1-33-15-16(13-28-33)26-31-20-12-17(5-8-22(20)37-26)34-10-9-23(32-34)30-19-6-7-21-18(25(19)27)14-29-35(21)24-4-2-3-11-36-24/h5-10,12-15,24H,2-4,11H2,1H3,(H,30,32). The van der Waals surface area contributed by atoms with Crippen molar-refractivity contribution in [1.29, 1.82) is 0 Å². The van der Waals surface area contributed by atoms with Crippen molar-refractivity contribution in [2.24, 2.45) is 7.05 Å². The highest BCUT2D eigenvalue weighted by Gasteiger charge is 2.20. The molecule has 1 atom stereocenters. The molecule has 11 heteroatoms. The summed E-state index contributed by atoms with van der Waals surface area (Å²) in [5, 5.41) is 18.2. The smallest absolute Gasteiger partial charge is 0.230 e. The van der Waals surface area contributed by atoms with Crippen LogP contribution in [0.4, 0.5) is 11.5 Å². The molecule has 1 saturated heterocycles. The first kappa shape index (κ1) is 22.1. The summed E-state index contributed by atoms with van der Waals surface area (Å²) in [7, 11) is 1.86. The number of rotatable bonds is 5. The summed E-state index contributed by atoms with van der Waals surface area (Å²) < 4.78 is 17.2. The third kappa shape index (κ3) is 3.94. The first-order valence-electron chi connectivity index (χ1n) is 12.1. The van der Waals surface area contributed by atoms with E-state index < -0.39 is 0 Å². The lowest BCUT2D eigenvalue weighted by Gasteiger charge is -2.23. The molecule has 5 heterocycles. The molecule has 10 nitrogen and oxygen atoms in total. The van der Waals surface area contributed by atoms with Crippen LogP contribution in [0.5, 0.6) is 0 Å². The van der Waals surface area contributed by atoms with Gasteiger partial charge >= 0.3 is 0 Å². The van der Waals surface area contributed by atoms with Crippen molar-refractivity contribution in [2.45, 2.75) is 25.5 Å². The summed E-state index contributed by atoms with van der Waals surface area (Å²) in [6, 6.07) is 11.6. The number of aromatic nitrogens is 7. The molecular weight excluding hydrogens is 492 g/mol. The lowest BCUT2D eigenvalue weighted by molar-refractivity contribution is -0.0366. The van der Waals surface area contributed by atoms with Crippen LogP contribution in [0.15, 0.2) is 65.6 Å². The summed E-state index contributed by atoms with van der Waals surface area (Å²) in [4.78, 5) is 4.62. The van der Waals surface area contributed by atoms with Crippen LogP contribution < -0.4 is 5.32 Å². The van der Waals surface area contributed by atoms with Gasteiger partial charge in [0.25, 0.3) is 0 Å². The third-order valence-electron chi connectivity index (χ3n) is 6.58. The van der Waals surface area contributed by atoms with Gasteiger partial charge in [0.05, 0.1) is 39.9 Å². The Morgan fingerprint density at radius 1 is 1.08 bits per heavy atom. The van der Waals surface area contributed by atoms with Crippen molar-refractivity contribution in [3.05, 3.63) is 66.2 Å². The molecule has 0 bridgehead atoms. The van der Waals surface area contributed by atoms with Gasteiger partial charge in [0.15, 0.2) is 17.6 Å². The fourth-order valence-electron chi connectivity index (χ4n) is 4.72. The second kappa shape index (κ2) is 8.75. The minimum atomic E-state index is -0.0423. The molecule has 0 aliphatic carbocycles. The minimum absolute atomic E-state index is 0.0423. The second-order valence-electron chi connectivity index (χ2n) is 9.11. The zero-order chi connectivity index (χ0) is 24.9. The van der Waals surface area contributed by atoms with Crippen LogP contribution in [0.3, 0.4) is 0 Å². The van der Waals surface area contributed by atoms with Gasteiger partial charge in [-0.2, -0.15) is 15.3 Å². The largest absolute Gasteiger partial charge is 0.436 e. The van der Waals surface area contributed by atoms with E-state index in [4.69, 9.17) is 20.8 Å². The van der Waals surface area contributed by atoms with Crippen LogP contribution in [-0.2, 0) is 11.8 Å². The lowest BCUT2D eigenvalue weighted by atomic mass is 10.2. The fraction of sp³-hybridized carbons (Fsp3) is 0.231. The Hall–Kier alpha value is -4.15. The predicted octanol–water partition coefficient (Wildman–Crippen LogP) is 5.86. The summed E-state index contributed by atoms with van der Waals surface area (Å²) in [5.74, 6) is 1.20. The number of ether oxygens (including phenoxy) is 1. The first-order chi connectivity index (χ1) is 18.1. The molecule has 1 aliphatic rings. The van der Waals surface area contributed by atoms with Crippen LogP contribution in [0.2, 0.25) is 5.02 Å². The highest BCUT2D eigenvalue weighted by atomic mass is 35.5. The van der Waals surface area contributed by atoms with E-state index in [0.717, 1.165) is 59.2 Å². The van der Waals surface area contributed by atoms with Gasteiger partial charge in [-0.1, -0.05) is 11.6 Å². The van der Waals surface area contributed by atoms with Gasteiger partial charge in [-0.05, 0) is 49.6 Å². The van der Waals surface area contributed by atoms with Crippen LogP contribution >= 0.6 is 11.6 Å². The summed E-state index contributed by atoms with van der Waals surface area (Å²) in [6.07, 6.45) is 10.4. The Kier molecular flexibility index (Phi) is 5.22. The maximum Gasteiger partial charge on any atom is 0.230 e. The molecule has 0 amide bonds. The number of anilines is 2. The number of oxazole rings is 1. The van der Waals surface area contributed by atoms with Gasteiger partial charge in [-0.3, -0.25) is 4.68 Å². The maximum atomic E-state index is 6.77. The van der Waals surface area contributed by atoms with Crippen molar-refractivity contribution in [3.63, 3.8) is 0 Å². The van der Waals surface area contributed by atoms with E-state index in [1.54, 1.807) is 21.8 Å². The van der Waals surface area contributed by atoms with Crippen LogP contribution in [-0.4, -0.2) is 40.9 Å². The number of benzene rings is 2. The van der Waals surface area contributed by atoms with Crippen molar-refractivity contribution >= 4 is 45.1 Å². The van der Waals surface area contributed by atoms with Gasteiger partial charge in [0.1, 0.15) is 5.52 Å². The zero-order valence-corrected chi connectivity index (χ0v) is 20.8. The van der Waals surface area contributed by atoms with Crippen molar-refractivity contribution in [2.75, 3.05) is 11.9 Å². The Morgan fingerprint density at radius 3 is 2.86 bits per heavy atom. The van der Waals surface area contributed by atoms with Gasteiger partial charge in [0.2, 0.25) is 5.89 Å². The normalized spacial score (nSPS) is 16.1. The number of halogens is 1. The zero-order valence-electron chi connectivity index (χ0n) is 20.0. The maximum absolute atomic E-state index is 6.77. The highest BCUT2D eigenvalue weighted by molar-refractivity contribution is 6.38. The first-order valence-corrected chi connectivity index (χ1v) is 12.5. The number of fused-ring (bicyclic) bond motifs is 2. The van der Waals surface area contributed by atoms with E-state index in [1.165, 1.54) is 0 Å². The molecular formula is C26H23ClN8O2. The molecule has 2 aromatic carbocycles. The molecule has 0 spiro atoms. The van der Waals surface area contributed by atoms with Crippen molar-refractivity contribution < 1.29 is 9.15 Å². The van der Waals surface area contributed by atoms with E-state index in [9.17, 15) is 0 Å². The van der Waals surface area contributed by atoms with Gasteiger partial charge in [-0.15, -0.1) is 0 Å². The Bertz CT molecular complexity index is 1740. The monoisotopic (exact) mass is 514 g/mol. The van der Waals surface area contributed by atoms with E-state index in [2.05, 4.69) is 25.6 Å². The quantitative estimate of drug-likeness (QED) is 0.307. The highest BCUT2D eigenvalue weighted by Crippen LogP contribution is 2.35. The number of aryl methyl sites for hydroxylation is 1. The number of nitrogens with one attached hydrogen (secondary N) is 1. The Labute approximate surface area is 216 Å². The Morgan fingerprint density at radius 2 is 2.03 bits per heavy atom. The topological polar surface area (TPSA) is 101 Å². The molecule has 186 valence electrons. The second-order valence-corrected chi connectivity index (χ2v) is 9.49. The number of hydrogen-bond donors (Lipinski definition) is 1. The van der Waals surface area contributed by atoms with E-state index in [0.29, 0.717) is 22.3 Å². The molecule has 6 aromatic rings. The van der Waals surface area contributed by atoms with E-state index >= 15 is 0 Å². The molecule has 0 saturated carbocycles. The van der Waals surface area contributed by atoms with Crippen LogP contribution in [0.25, 0.3) is 39.1 Å². The fourth-order valence-corrected chi connectivity index (χ4v) is 4.97. The van der Waals surface area contributed by atoms with E-state index in [-0.39, 0.29) is 6.23 Å². The third-order valence-corrected chi connectivity index (χ3v) is 6.99. The van der Waals surface area contributed by atoms with Crippen LogP contribution in [0.1, 0.15) is 25.5 Å². The summed E-state index contributed by atoms with van der Waals surface area (Å²) in [6.45, 7) is 0.761. The SMILES string of the molecule is Cn1cc(-c2nc3cc(-n4ccc(Nc5ccc6c(cnn6C6CCCCO6)c5Cl)n4)ccc3o2)cn1. The minimum Gasteiger partial charge on any atom is -0.436 e. The molecule has 4 aromatic heterocycles. The van der Waals surface area contributed by atoms with Crippen LogP contribution in [0, 0.1) is 0 Å². The molecule has 0 radical (unpaired) electrons. The molecule has 1 fully saturated rings. The molecule has 7 rings (SSSR count). The number of nitrogens with zero attached hydrogens (tertiary/aromatic N) is 7. The van der Waals surface area contributed by atoms with E-state index in [1.807, 2.05) is 60.5 Å². The lowest BCUT2D eigenvalue weighted by Crippen LogP contribution is -2.18. The van der Waals surface area contributed by atoms with Gasteiger partial charge in [-0.25, -0.2) is 14.3 Å². The average molecular weight is 515 g/mol. The van der Waals surface area contributed by atoms with Gasteiger partial charge < -0.3 is 14.5 Å². The molecule has 1 unspecified atom stereocenters. The summed E-state index contributed by atoms with van der Waals surface area (Å²) >= 11 is 6.77. The molecule has 1 aliphatic heterocycles. The van der Waals surface area contributed by atoms with Crippen molar-refractivity contribution in [1.82, 2.24) is 34.3 Å². The molecule has 37 heavy (non-hydrogen) atoms. The van der Waals surface area contributed by atoms with Crippen molar-refractivity contribution in [3.8, 4) is 17.1 Å². The predicted molar refractivity (Wildman–Crippen MR) is 140 cm³/mol.